The quantitative estimate of drug-likeness (QED) is 0.803. The first-order valence-corrected chi connectivity index (χ1v) is 5.87. The van der Waals surface area contributed by atoms with E-state index in [1.165, 1.54) is 18.2 Å². The van der Waals surface area contributed by atoms with Gasteiger partial charge in [-0.05, 0) is 24.5 Å². The monoisotopic (exact) mass is 253 g/mol. The zero-order chi connectivity index (χ0) is 12.4. The van der Waals surface area contributed by atoms with Crippen molar-refractivity contribution in [1.82, 2.24) is 14.5 Å². The van der Waals surface area contributed by atoms with Crippen molar-refractivity contribution in [2.24, 2.45) is 0 Å². The van der Waals surface area contributed by atoms with Crippen LogP contribution in [0.2, 0.25) is 0 Å². The van der Waals surface area contributed by atoms with Crippen LogP contribution in [-0.2, 0) is 0 Å². The summed E-state index contributed by atoms with van der Waals surface area (Å²) in [6.45, 7) is 0. The van der Waals surface area contributed by atoms with Crippen molar-refractivity contribution in [2.45, 2.75) is 5.16 Å². The van der Waals surface area contributed by atoms with Crippen LogP contribution in [0.25, 0.3) is 5.69 Å². The number of benzene rings is 1. The molecule has 0 atom stereocenters. The van der Waals surface area contributed by atoms with Crippen molar-refractivity contribution >= 4 is 11.8 Å². The van der Waals surface area contributed by atoms with E-state index in [1.807, 2.05) is 0 Å². The Bertz CT molecular complexity index is 634. The Hall–Kier alpha value is -1.89. The topological polar surface area (TPSA) is 67.8 Å². The minimum absolute atomic E-state index is 0.149. The normalized spacial score (nSPS) is 10.5. The van der Waals surface area contributed by atoms with Gasteiger partial charge in [0.25, 0.3) is 0 Å². The zero-order valence-electron chi connectivity index (χ0n) is 8.81. The van der Waals surface area contributed by atoms with Crippen LogP contribution in [-0.4, -0.2) is 20.8 Å². The van der Waals surface area contributed by atoms with Crippen molar-refractivity contribution in [2.75, 3.05) is 6.26 Å². The van der Waals surface area contributed by atoms with Crippen LogP contribution in [0.4, 0.5) is 4.39 Å². The number of nitrogens with one attached hydrogen (secondary N) is 1. The van der Waals surface area contributed by atoms with Gasteiger partial charge >= 0.3 is 11.4 Å². The molecular weight excluding hydrogens is 245 g/mol. The smallest absolute Gasteiger partial charge is 0.286 e. The van der Waals surface area contributed by atoms with E-state index in [-0.39, 0.29) is 10.8 Å². The molecule has 2 rings (SSSR count). The lowest BCUT2D eigenvalue weighted by Crippen LogP contribution is -2.36. The number of H-pyrrole nitrogens is 1. The summed E-state index contributed by atoms with van der Waals surface area (Å²) in [6.07, 6.45) is 1.68. The molecule has 1 aromatic heterocycles. The Kier molecular flexibility index (Phi) is 3.10. The Morgan fingerprint density at radius 3 is 2.76 bits per heavy atom. The first-order valence-electron chi connectivity index (χ1n) is 4.65. The van der Waals surface area contributed by atoms with Gasteiger partial charge in [0.05, 0.1) is 5.69 Å². The second kappa shape index (κ2) is 4.54. The molecule has 0 aliphatic rings. The molecule has 0 bridgehead atoms. The lowest BCUT2D eigenvalue weighted by molar-refractivity contribution is 0.624. The van der Waals surface area contributed by atoms with Crippen LogP contribution < -0.4 is 11.4 Å². The number of rotatable bonds is 2. The Labute approximate surface area is 99.3 Å². The average molecular weight is 253 g/mol. The van der Waals surface area contributed by atoms with Gasteiger partial charge in [0, 0.05) is 0 Å². The fraction of sp³-hybridized carbons (Fsp3) is 0.100. The van der Waals surface area contributed by atoms with E-state index in [9.17, 15) is 14.0 Å². The summed E-state index contributed by atoms with van der Waals surface area (Å²) in [4.78, 5) is 29.4. The molecule has 1 heterocycles. The molecule has 88 valence electrons. The van der Waals surface area contributed by atoms with E-state index in [1.54, 1.807) is 6.26 Å². The molecule has 0 fully saturated rings. The highest BCUT2D eigenvalue weighted by molar-refractivity contribution is 7.98. The lowest BCUT2D eigenvalue weighted by Gasteiger charge is -2.04. The van der Waals surface area contributed by atoms with Gasteiger partial charge in [-0.15, -0.1) is 0 Å². The van der Waals surface area contributed by atoms with Gasteiger partial charge < -0.3 is 0 Å². The van der Waals surface area contributed by atoms with Crippen molar-refractivity contribution in [3.05, 3.63) is 51.1 Å². The van der Waals surface area contributed by atoms with Crippen molar-refractivity contribution in [3.63, 3.8) is 0 Å². The summed E-state index contributed by atoms with van der Waals surface area (Å²) in [5, 5.41) is 0.229. The van der Waals surface area contributed by atoms with E-state index in [4.69, 9.17) is 0 Å². The maximum atomic E-state index is 13.0. The maximum absolute atomic E-state index is 13.0. The molecule has 0 spiro atoms. The van der Waals surface area contributed by atoms with Gasteiger partial charge in [-0.3, -0.25) is 4.98 Å². The molecule has 1 N–H and O–H groups in total. The number of hydrogen-bond donors (Lipinski definition) is 1. The van der Waals surface area contributed by atoms with Crippen LogP contribution in [0.3, 0.4) is 0 Å². The third-order valence-corrected chi connectivity index (χ3v) is 2.65. The molecule has 0 aliphatic carbocycles. The van der Waals surface area contributed by atoms with Gasteiger partial charge in [-0.1, -0.05) is 17.8 Å². The largest absolute Gasteiger partial charge is 0.358 e. The summed E-state index contributed by atoms with van der Waals surface area (Å²) >= 11 is 1.15. The van der Waals surface area contributed by atoms with Crippen molar-refractivity contribution in [3.8, 4) is 5.69 Å². The summed E-state index contributed by atoms with van der Waals surface area (Å²) in [5.41, 5.74) is -1.22. The van der Waals surface area contributed by atoms with Crippen LogP contribution in [0.15, 0.2) is 39.0 Å². The summed E-state index contributed by atoms with van der Waals surface area (Å²) in [5.74, 6) is -0.525. The second-order valence-corrected chi connectivity index (χ2v) is 3.94. The van der Waals surface area contributed by atoms with Crippen LogP contribution >= 0.6 is 11.8 Å². The highest BCUT2D eigenvalue weighted by Crippen LogP contribution is 2.06. The second-order valence-electron chi connectivity index (χ2n) is 3.15. The average Bonchev–Trinajstić information content (AvgIpc) is 2.28. The highest BCUT2D eigenvalue weighted by atomic mass is 32.2. The molecule has 0 saturated carbocycles. The SMILES string of the molecule is CSc1nc(=O)n(-c2cccc(F)c2)c(=O)[nH]1. The number of halogens is 1. The molecule has 0 radical (unpaired) electrons. The van der Waals surface area contributed by atoms with Crippen LogP contribution in [0, 0.1) is 5.82 Å². The number of hydrogen-bond acceptors (Lipinski definition) is 4. The molecule has 0 saturated heterocycles. The summed E-state index contributed by atoms with van der Waals surface area (Å²) in [6, 6.07) is 5.20. The van der Waals surface area contributed by atoms with Gasteiger partial charge in [0.2, 0.25) is 0 Å². The molecule has 7 heteroatoms. The van der Waals surface area contributed by atoms with E-state index in [2.05, 4.69) is 9.97 Å². The fourth-order valence-electron chi connectivity index (χ4n) is 1.34. The molecule has 1 aromatic carbocycles. The first kappa shape index (κ1) is 11.6. The van der Waals surface area contributed by atoms with Gasteiger partial charge in [-0.25, -0.2) is 18.5 Å². The summed E-state index contributed by atoms with van der Waals surface area (Å²) < 4.78 is 13.8. The molecule has 5 nitrogen and oxygen atoms in total. The van der Waals surface area contributed by atoms with Crippen molar-refractivity contribution < 1.29 is 4.39 Å². The Morgan fingerprint density at radius 2 is 2.18 bits per heavy atom. The highest BCUT2D eigenvalue weighted by Gasteiger charge is 2.08. The molecule has 17 heavy (non-hydrogen) atoms. The van der Waals surface area contributed by atoms with E-state index >= 15 is 0 Å². The zero-order valence-corrected chi connectivity index (χ0v) is 9.62. The predicted molar refractivity (Wildman–Crippen MR) is 62.2 cm³/mol. The van der Waals surface area contributed by atoms with E-state index in [0.29, 0.717) is 0 Å². The van der Waals surface area contributed by atoms with Gasteiger partial charge in [0.15, 0.2) is 5.16 Å². The van der Waals surface area contributed by atoms with Gasteiger partial charge in [0.1, 0.15) is 5.82 Å². The molecular formula is C10H8FN3O2S. The molecule has 0 amide bonds. The number of nitrogens with zero attached hydrogens (tertiary/aromatic N) is 2. The lowest BCUT2D eigenvalue weighted by atomic mass is 10.3. The Balaban J connectivity index is 2.69. The van der Waals surface area contributed by atoms with E-state index in [0.717, 1.165) is 22.4 Å². The Morgan fingerprint density at radius 1 is 1.41 bits per heavy atom. The minimum atomic E-state index is -0.733. The van der Waals surface area contributed by atoms with Gasteiger partial charge in [-0.2, -0.15) is 4.98 Å². The number of thioether (sulfide) groups is 1. The van der Waals surface area contributed by atoms with Crippen LogP contribution in [0.1, 0.15) is 0 Å². The third kappa shape index (κ3) is 2.28. The first-order chi connectivity index (χ1) is 8.11. The standard InChI is InChI=1S/C10H8FN3O2S/c1-17-8-12-9(15)14(10(16)13-8)7-4-2-3-6(11)5-7/h2-5H,1H3,(H,12,13,15,16). The minimum Gasteiger partial charge on any atom is -0.286 e. The number of aromatic nitrogens is 3. The molecule has 0 aliphatic heterocycles. The number of aromatic amines is 1. The van der Waals surface area contributed by atoms with Crippen molar-refractivity contribution in [1.29, 1.82) is 0 Å². The maximum Gasteiger partial charge on any atom is 0.358 e. The third-order valence-electron chi connectivity index (χ3n) is 2.07. The summed E-state index contributed by atoms with van der Waals surface area (Å²) in [7, 11) is 0. The molecule has 2 aromatic rings. The molecule has 0 unspecified atom stereocenters. The van der Waals surface area contributed by atoms with Crippen LogP contribution in [0.5, 0.6) is 0 Å². The predicted octanol–water partition coefficient (Wildman–Crippen LogP) is 0.782. The fourth-order valence-corrected chi connectivity index (χ4v) is 1.70. The van der Waals surface area contributed by atoms with E-state index < -0.39 is 17.2 Å².